The lowest BCUT2D eigenvalue weighted by Gasteiger charge is -2.26. The zero-order chi connectivity index (χ0) is 19.7. The highest BCUT2D eigenvalue weighted by Gasteiger charge is 2.25. The third-order valence-corrected chi connectivity index (χ3v) is 5.34. The Kier molecular flexibility index (Phi) is 7.82. The van der Waals surface area contributed by atoms with Crippen LogP contribution in [0, 0.1) is 12.3 Å². The molecule has 0 atom stereocenters. The van der Waals surface area contributed by atoms with Gasteiger partial charge in [0.15, 0.2) is 11.0 Å². The molecule has 2 heterocycles. The van der Waals surface area contributed by atoms with E-state index in [2.05, 4.69) is 26.4 Å². The van der Waals surface area contributed by atoms with Gasteiger partial charge in [-0.1, -0.05) is 31.5 Å². The number of carbonyl (C=O) groups excluding carboxylic acids is 1. The second-order valence-corrected chi connectivity index (χ2v) is 6.90. The molecule has 0 aliphatic carbocycles. The van der Waals surface area contributed by atoms with Crippen LogP contribution >= 0.6 is 11.8 Å². The molecule has 0 saturated heterocycles. The van der Waals surface area contributed by atoms with Gasteiger partial charge < -0.3 is 10.1 Å². The van der Waals surface area contributed by atoms with E-state index in [1.165, 1.54) is 11.8 Å². The number of terminal acetylenes is 1. The van der Waals surface area contributed by atoms with Crippen molar-refractivity contribution in [2.45, 2.75) is 43.9 Å². The van der Waals surface area contributed by atoms with Crippen molar-refractivity contribution in [2.24, 2.45) is 0 Å². The molecule has 2 aromatic rings. The maximum atomic E-state index is 12.4. The number of nitrogens with zero attached hydrogens (tertiary/aromatic N) is 4. The summed E-state index contributed by atoms with van der Waals surface area (Å²) in [7, 11) is 1.64. The molecule has 0 aromatic carbocycles. The van der Waals surface area contributed by atoms with E-state index in [4.69, 9.17) is 11.2 Å². The Morgan fingerprint density at radius 1 is 1.33 bits per heavy atom. The van der Waals surface area contributed by atoms with Crippen molar-refractivity contribution in [3.05, 3.63) is 24.5 Å². The second-order valence-electron chi connectivity index (χ2n) is 5.96. The van der Waals surface area contributed by atoms with Gasteiger partial charge in [0.1, 0.15) is 5.54 Å². The molecular formula is C19H25N5O2S. The molecule has 0 saturated carbocycles. The highest BCUT2D eigenvalue weighted by atomic mass is 32.2. The molecule has 0 aliphatic heterocycles. The maximum absolute atomic E-state index is 12.4. The number of rotatable bonds is 10. The van der Waals surface area contributed by atoms with Crippen molar-refractivity contribution in [1.29, 1.82) is 0 Å². The van der Waals surface area contributed by atoms with Crippen LogP contribution in [0.2, 0.25) is 0 Å². The molecule has 0 spiro atoms. The van der Waals surface area contributed by atoms with Crippen LogP contribution in [0.4, 0.5) is 0 Å². The van der Waals surface area contributed by atoms with Gasteiger partial charge in [0.25, 0.3) is 0 Å². The fourth-order valence-electron chi connectivity index (χ4n) is 2.59. The van der Waals surface area contributed by atoms with Crippen LogP contribution in [0.3, 0.4) is 0 Å². The van der Waals surface area contributed by atoms with Crippen molar-refractivity contribution in [3.8, 4) is 23.7 Å². The third kappa shape index (κ3) is 5.31. The zero-order valence-electron chi connectivity index (χ0n) is 15.9. The molecular weight excluding hydrogens is 362 g/mol. The fourth-order valence-corrected chi connectivity index (χ4v) is 3.36. The summed E-state index contributed by atoms with van der Waals surface area (Å²) in [6.07, 6.45) is 10.4. The minimum absolute atomic E-state index is 0.117. The first-order valence-corrected chi connectivity index (χ1v) is 9.81. The number of aromatic nitrogens is 4. The smallest absolute Gasteiger partial charge is 0.231 e. The second kappa shape index (κ2) is 10.1. The molecule has 1 amide bonds. The van der Waals surface area contributed by atoms with Crippen LogP contribution in [0.15, 0.2) is 29.7 Å². The van der Waals surface area contributed by atoms with E-state index in [1.54, 1.807) is 19.5 Å². The first kappa shape index (κ1) is 20.9. The molecule has 2 aromatic heterocycles. The number of thioether (sulfide) groups is 1. The van der Waals surface area contributed by atoms with E-state index in [9.17, 15) is 4.79 Å². The third-order valence-electron chi connectivity index (χ3n) is 4.37. The molecule has 27 heavy (non-hydrogen) atoms. The van der Waals surface area contributed by atoms with Crippen molar-refractivity contribution in [1.82, 2.24) is 25.1 Å². The molecule has 0 radical (unpaired) electrons. The van der Waals surface area contributed by atoms with Crippen LogP contribution in [-0.4, -0.2) is 50.7 Å². The van der Waals surface area contributed by atoms with Gasteiger partial charge in [-0.2, -0.15) is 0 Å². The summed E-state index contributed by atoms with van der Waals surface area (Å²) in [5.41, 5.74) is 0.317. The number of amides is 1. The molecule has 1 N–H and O–H groups in total. The Labute approximate surface area is 164 Å². The van der Waals surface area contributed by atoms with Gasteiger partial charge in [-0.25, -0.2) is 0 Å². The van der Waals surface area contributed by atoms with E-state index in [0.717, 1.165) is 11.4 Å². The summed E-state index contributed by atoms with van der Waals surface area (Å²) in [4.78, 5) is 16.4. The van der Waals surface area contributed by atoms with Crippen molar-refractivity contribution in [3.63, 3.8) is 0 Å². The van der Waals surface area contributed by atoms with E-state index < -0.39 is 5.54 Å². The van der Waals surface area contributed by atoms with Crippen LogP contribution in [-0.2, 0) is 16.1 Å². The van der Waals surface area contributed by atoms with Gasteiger partial charge in [-0.05, 0) is 25.0 Å². The topological polar surface area (TPSA) is 81.9 Å². The molecule has 144 valence electrons. The van der Waals surface area contributed by atoms with Crippen molar-refractivity contribution < 1.29 is 9.53 Å². The largest absolute Gasteiger partial charge is 0.383 e. The standard InChI is InChI=1S/C19H25N5O2S/c1-5-19(6-2,7-3)21-16(25)14-27-18-23-22-17(24(18)12-13-26-4)15-8-10-20-11-9-15/h1,8-11H,6-7,12-14H2,2-4H3,(H,21,25). The number of ether oxygens (including phenoxy) is 1. The summed E-state index contributed by atoms with van der Waals surface area (Å²) in [5.74, 6) is 3.53. The minimum Gasteiger partial charge on any atom is -0.383 e. The maximum Gasteiger partial charge on any atom is 0.231 e. The van der Waals surface area contributed by atoms with Crippen LogP contribution < -0.4 is 5.32 Å². The Morgan fingerprint density at radius 3 is 2.63 bits per heavy atom. The first-order chi connectivity index (χ1) is 13.1. The molecule has 0 aliphatic rings. The number of hydrogen-bond acceptors (Lipinski definition) is 6. The average molecular weight is 388 g/mol. The Hall–Kier alpha value is -2.37. The molecule has 7 nitrogen and oxygen atoms in total. The van der Waals surface area contributed by atoms with Crippen LogP contribution in [0.25, 0.3) is 11.4 Å². The summed E-state index contributed by atoms with van der Waals surface area (Å²) in [5, 5.41) is 12.2. The predicted octanol–water partition coefficient (Wildman–Crippen LogP) is 2.39. The number of carbonyl (C=O) groups is 1. The van der Waals surface area contributed by atoms with E-state index >= 15 is 0 Å². The minimum atomic E-state index is -0.594. The zero-order valence-corrected chi connectivity index (χ0v) is 16.8. The van der Waals surface area contributed by atoms with Crippen LogP contribution in [0.1, 0.15) is 26.7 Å². The fraction of sp³-hybridized carbons (Fsp3) is 0.474. The van der Waals surface area contributed by atoms with E-state index in [-0.39, 0.29) is 11.7 Å². The average Bonchev–Trinajstić information content (AvgIpc) is 3.12. The van der Waals surface area contributed by atoms with Gasteiger partial charge >= 0.3 is 0 Å². The number of methoxy groups -OCH3 is 1. The summed E-state index contributed by atoms with van der Waals surface area (Å²) < 4.78 is 7.15. The van der Waals surface area contributed by atoms with Gasteiger partial charge in [0.05, 0.1) is 18.9 Å². The van der Waals surface area contributed by atoms with Crippen LogP contribution in [0.5, 0.6) is 0 Å². The molecule has 0 bridgehead atoms. The van der Waals surface area contributed by atoms with Crippen molar-refractivity contribution >= 4 is 17.7 Å². The van der Waals surface area contributed by atoms with E-state index in [0.29, 0.717) is 31.1 Å². The highest BCUT2D eigenvalue weighted by molar-refractivity contribution is 7.99. The van der Waals surface area contributed by atoms with Gasteiger partial charge in [0, 0.05) is 25.1 Å². The monoisotopic (exact) mass is 387 g/mol. The van der Waals surface area contributed by atoms with E-state index in [1.807, 2.05) is 30.5 Å². The molecule has 8 heteroatoms. The van der Waals surface area contributed by atoms with Gasteiger partial charge in [0.2, 0.25) is 5.91 Å². The number of hydrogen-bond donors (Lipinski definition) is 1. The summed E-state index contributed by atoms with van der Waals surface area (Å²) in [6.45, 7) is 5.05. The highest BCUT2D eigenvalue weighted by Crippen LogP contribution is 2.24. The Bertz CT molecular complexity index is 781. The first-order valence-electron chi connectivity index (χ1n) is 8.83. The lowest BCUT2D eigenvalue weighted by atomic mass is 9.94. The lowest BCUT2D eigenvalue weighted by Crippen LogP contribution is -2.47. The Morgan fingerprint density at radius 2 is 2.04 bits per heavy atom. The molecule has 0 fully saturated rings. The normalized spacial score (nSPS) is 11.2. The summed E-state index contributed by atoms with van der Waals surface area (Å²) >= 11 is 1.33. The molecule has 0 unspecified atom stereocenters. The number of nitrogens with one attached hydrogen (secondary N) is 1. The molecule has 2 rings (SSSR count). The predicted molar refractivity (Wildman–Crippen MR) is 106 cm³/mol. The quantitative estimate of drug-likeness (QED) is 0.498. The van der Waals surface area contributed by atoms with Gasteiger partial charge in [-0.15, -0.1) is 16.6 Å². The lowest BCUT2D eigenvalue weighted by molar-refractivity contribution is -0.119. The van der Waals surface area contributed by atoms with Crippen molar-refractivity contribution in [2.75, 3.05) is 19.5 Å². The Balaban J connectivity index is 2.13. The van der Waals surface area contributed by atoms with Gasteiger partial charge in [-0.3, -0.25) is 14.3 Å². The summed E-state index contributed by atoms with van der Waals surface area (Å²) in [6, 6.07) is 3.75. The SMILES string of the molecule is C#CC(CC)(CC)NC(=O)CSc1nnc(-c2ccncc2)n1CCOC. The number of pyridine rings is 1.